The third-order valence-corrected chi connectivity index (χ3v) is 2.42. The van der Waals surface area contributed by atoms with Crippen molar-refractivity contribution in [1.82, 2.24) is 4.98 Å². The Morgan fingerprint density at radius 2 is 2.18 bits per heavy atom. The zero-order valence-electron chi connectivity index (χ0n) is 8.75. The van der Waals surface area contributed by atoms with Gasteiger partial charge in [-0.3, -0.25) is 4.79 Å². The van der Waals surface area contributed by atoms with Crippen LogP contribution < -0.4 is 10.5 Å². The molecule has 1 heterocycles. The molecule has 0 saturated carbocycles. The van der Waals surface area contributed by atoms with Gasteiger partial charge in [0.15, 0.2) is 0 Å². The van der Waals surface area contributed by atoms with Gasteiger partial charge >= 0.3 is 5.97 Å². The first-order valence-electron chi connectivity index (χ1n) is 4.45. The Morgan fingerprint density at radius 1 is 1.53 bits per heavy atom. The van der Waals surface area contributed by atoms with Gasteiger partial charge in [-0.15, -0.1) is 11.6 Å². The first kappa shape index (κ1) is 14.2. The molecule has 0 saturated heterocycles. The highest BCUT2D eigenvalue weighted by Gasteiger charge is 2.16. The number of ether oxygens (including phenoxy) is 2. The predicted molar refractivity (Wildman–Crippen MR) is 65.6 cm³/mol. The Hall–Kier alpha value is -0.910. The summed E-state index contributed by atoms with van der Waals surface area (Å²) in [5.74, 6) is -0.545. The van der Waals surface area contributed by atoms with E-state index in [1.807, 2.05) is 0 Å². The molecule has 1 atom stereocenters. The van der Waals surface area contributed by atoms with Crippen LogP contribution in [0, 0.1) is 0 Å². The first-order valence-corrected chi connectivity index (χ1v) is 5.74. The molecule has 0 radical (unpaired) electrons. The molecule has 0 aliphatic rings. The number of halogens is 3. The van der Waals surface area contributed by atoms with Crippen LogP contribution in [0.4, 0.5) is 5.82 Å². The van der Waals surface area contributed by atoms with Gasteiger partial charge in [0.25, 0.3) is 6.29 Å². The summed E-state index contributed by atoms with van der Waals surface area (Å²) in [7, 11) is 0. The van der Waals surface area contributed by atoms with E-state index in [2.05, 4.69) is 4.98 Å². The van der Waals surface area contributed by atoms with E-state index in [0.717, 1.165) is 0 Å². The maximum absolute atomic E-state index is 10.7. The number of nitrogens with two attached hydrogens (primary N) is 1. The second-order valence-electron chi connectivity index (χ2n) is 2.95. The van der Waals surface area contributed by atoms with Crippen LogP contribution in [-0.4, -0.2) is 23.1 Å². The molecule has 2 N–H and O–H groups in total. The van der Waals surface area contributed by atoms with Gasteiger partial charge in [-0.25, -0.2) is 0 Å². The summed E-state index contributed by atoms with van der Waals surface area (Å²) in [4.78, 5) is 14.6. The Kier molecular flexibility index (Phi) is 5.11. The predicted octanol–water partition coefficient (Wildman–Crippen LogP) is 2.48. The number of rotatable bonds is 4. The molecule has 0 aliphatic heterocycles. The highest BCUT2D eigenvalue weighted by atomic mass is 35.5. The number of hydrogen-bond acceptors (Lipinski definition) is 5. The fraction of sp³-hybridized carbons (Fsp3) is 0.333. The highest BCUT2D eigenvalue weighted by Crippen LogP contribution is 2.29. The number of nitrogen functional groups attached to an aromatic ring is 1. The molecule has 0 amide bonds. The number of hydrogen-bond donors (Lipinski definition) is 1. The lowest BCUT2D eigenvalue weighted by molar-refractivity contribution is -0.158. The topological polar surface area (TPSA) is 74.4 Å². The minimum absolute atomic E-state index is 0.000432. The second-order valence-corrected chi connectivity index (χ2v) is 4.08. The number of nitrogens with zero attached hydrogens (tertiary/aromatic N) is 1. The quantitative estimate of drug-likeness (QED) is 0.525. The zero-order valence-corrected chi connectivity index (χ0v) is 11.0. The van der Waals surface area contributed by atoms with Crippen molar-refractivity contribution in [2.45, 2.75) is 13.2 Å². The number of carbonyl (C=O) groups excluding carboxylic acids is 1. The van der Waals surface area contributed by atoms with Crippen LogP contribution in [0.25, 0.3) is 0 Å². The average Bonchev–Trinajstić information content (AvgIpc) is 2.24. The molecule has 1 aromatic rings. The Labute approximate surface area is 113 Å². The third-order valence-electron chi connectivity index (χ3n) is 1.59. The van der Waals surface area contributed by atoms with Crippen LogP contribution in [0.15, 0.2) is 6.07 Å². The standard InChI is InChI=1S/C9H9Cl3N2O3/c1-4(15)16-7(3-10)17-9-6(12)2-5(11)8(13)14-9/h2,7H,3H2,1H3,(H2,13,14). The summed E-state index contributed by atoms with van der Waals surface area (Å²) in [5.41, 5.74) is 5.49. The number of anilines is 1. The summed E-state index contributed by atoms with van der Waals surface area (Å²) in [5, 5.41) is 0.351. The minimum atomic E-state index is -0.986. The van der Waals surface area contributed by atoms with Crippen LogP contribution in [-0.2, 0) is 9.53 Å². The molecular weight excluding hydrogens is 290 g/mol. The molecule has 1 aromatic heterocycles. The number of pyridine rings is 1. The van der Waals surface area contributed by atoms with Crippen molar-refractivity contribution >= 4 is 46.6 Å². The molecule has 0 aromatic carbocycles. The molecule has 94 valence electrons. The molecule has 1 unspecified atom stereocenters. The number of esters is 1. The van der Waals surface area contributed by atoms with Crippen molar-refractivity contribution in [3.63, 3.8) is 0 Å². The van der Waals surface area contributed by atoms with Crippen molar-refractivity contribution in [3.05, 3.63) is 16.1 Å². The highest BCUT2D eigenvalue weighted by molar-refractivity contribution is 6.36. The summed E-state index contributed by atoms with van der Waals surface area (Å²) >= 11 is 17.1. The lowest BCUT2D eigenvalue weighted by Gasteiger charge is -2.16. The summed E-state index contributed by atoms with van der Waals surface area (Å²) in [6.45, 7) is 1.23. The molecule has 17 heavy (non-hydrogen) atoms. The van der Waals surface area contributed by atoms with Crippen LogP contribution in [0.1, 0.15) is 6.92 Å². The Morgan fingerprint density at radius 3 is 2.71 bits per heavy atom. The van der Waals surface area contributed by atoms with E-state index in [1.165, 1.54) is 13.0 Å². The fourth-order valence-corrected chi connectivity index (χ4v) is 1.47. The van der Waals surface area contributed by atoms with Gasteiger partial charge in [-0.2, -0.15) is 4.98 Å². The smallest absolute Gasteiger partial charge is 0.305 e. The Balaban J connectivity index is 2.86. The van der Waals surface area contributed by atoms with E-state index in [9.17, 15) is 4.79 Å². The van der Waals surface area contributed by atoms with E-state index in [1.54, 1.807) is 0 Å². The van der Waals surface area contributed by atoms with Gasteiger partial charge in [0.1, 0.15) is 10.8 Å². The van der Waals surface area contributed by atoms with Crippen LogP contribution >= 0.6 is 34.8 Å². The molecule has 0 bridgehead atoms. The number of aromatic nitrogens is 1. The van der Waals surface area contributed by atoms with Crippen molar-refractivity contribution in [2.24, 2.45) is 0 Å². The molecular formula is C9H9Cl3N2O3. The maximum Gasteiger partial charge on any atom is 0.305 e. The normalized spacial score (nSPS) is 12.0. The largest absolute Gasteiger partial charge is 0.435 e. The lowest BCUT2D eigenvalue weighted by atomic mass is 10.4. The first-order chi connectivity index (χ1) is 7.93. The van der Waals surface area contributed by atoms with Gasteiger partial charge in [-0.05, 0) is 6.07 Å². The van der Waals surface area contributed by atoms with Gasteiger partial charge in [-0.1, -0.05) is 23.2 Å². The number of carbonyl (C=O) groups is 1. The van der Waals surface area contributed by atoms with Gasteiger partial charge in [0.05, 0.1) is 10.9 Å². The summed E-state index contributed by atoms with van der Waals surface area (Å²) < 4.78 is 9.95. The maximum atomic E-state index is 10.7. The monoisotopic (exact) mass is 298 g/mol. The zero-order chi connectivity index (χ0) is 13.0. The van der Waals surface area contributed by atoms with Crippen LogP contribution in [0.2, 0.25) is 10.0 Å². The van der Waals surface area contributed by atoms with E-state index < -0.39 is 12.3 Å². The lowest BCUT2D eigenvalue weighted by Crippen LogP contribution is -2.25. The van der Waals surface area contributed by atoms with Crippen molar-refractivity contribution < 1.29 is 14.3 Å². The van der Waals surface area contributed by atoms with E-state index >= 15 is 0 Å². The molecule has 1 rings (SSSR count). The third kappa shape index (κ3) is 4.11. The minimum Gasteiger partial charge on any atom is -0.435 e. The van der Waals surface area contributed by atoms with Gasteiger partial charge in [0.2, 0.25) is 5.88 Å². The van der Waals surface area contributed by atoms with Crippen LogP contribution in [0.5, 0.6) is 5.88 Å². The fourth-order valence-electron chi connectivity index (χ4n) is 0.942. The summed E-state index contributed by atoms with van der Waals surface area (Å²) in [6, 6.07) is 1.37. The summed E-state index contributed by atoms with van der Waals surface area (Å²) in [6.07, 6.45) is -0.986. The van der Waals surface area contributed by atoms with Crippen molar-refractivity contribution in [2.75, 3.05) is 11.6 Å². The van der Waals surface area contributed by atoms with Crippen LogP contribution in [0.3, 0.4) is 0 Å². The molecule has 5 nitrogen and oxygen atoms in total. The molecule has 0 fully saturated rings. The molecule has 8 heteroatoms. The van der Waals surface area contributed by atoms with Gasteiger partial charge in [0, 0.05) is 6.92 Å². The van der Waals surface area contributed by atoms with Crippen molar-refractivity contribution in [1.29, 1.82) is 0 Å². The van der Waals surface area contributed by atoms with E-state index in [0.29, 0.717) is 0 Å². The SMILES string of the molecule is CC(=O)OC(CCl)Oc1nc(N)c(Cl)cc1Cl. The van der Waals surface area contributed by atoms with E-state index in [-0.39, 0.29) is 27.6 Å². The van der Waals surface area contributed by atoms with Crippen molar-refractivity contribution in [3.8, 4) is 5.88 Å². The average molecular weight is 300 g/mol. The second kappa shape index (κ2) is 6.14. The van der Waals surface area contributed by atoms with E-state index in [4.69, 9.17) is 50.0 Å². The van der Waals surface area contributed by atoms with Gasteiger partial charge < -0.3 is 15.2 Å². The molecule has 0 spiro atoms. The Bertz CT molecular complexity index is 428. The molecule has 0 aliphatic carbocycles. The number of alkyl halides is 1.